The third-order valence-electron chi connectivity index (χ3n) is 5.06. The maximum atomic E-state index is 11.8. The number of carbonyl (C=O) groups excluding carboxylic acids is 1. The number of rotatable bonds is 3. The van der Waals surface area contributed by atoms with Gasteiger partial charge in [-0.1, -0.05) is 45.0 Å². The standard InChI is InChI=1S/C20H22N2OS/c1-12(2)14-5-7-15(8-6-14)19-17(11-23)22-16-9-4-13(3)10-18(16)24-20(22)21-19/h5-8,11-13H,4,9-10H2,1-3H3. The minimum Gasteiger partial charge on any atom is -0.296 e. The molecule has 1 aliphatic carbocycles. The third-order valence-corrected chi connectivity index (χ3v) is 6.16. The number of hydrogen-bond donors (Lipinski definition) is 0. The van der Waals surface area contributed by atoms with Crippen LogP contribution < -0.4 is 0 Å². The zero-order chi connectivity index (χ0) is 16.8. The quantitative estimate of drug-likeness (QED) is 0.621. The van der Waals surface area contributed by atoms with Crippen molar-refractivity contribution < 1.29 is 4.79 Å². The molecule has 4 heteroatoms. The summed E-state index contributed by atoms with van der Waals surface area (Å²) in [5, 5.41) is 0. The normalized spacial score (nSPS) is 17.4. The van der Waals surface area contributed by atoms with Crippen molar-refractivity contribution >= 4 is 22.6 Å². The smallest absolute Gasteiger partial charge is 0.195 e. The number of imidazole rings is 1. The van der Waals surface area contributed by atoms with Gasteiger partial charge in [-0.05, 0) is 36.7 Å². The van der Waals surface area contributed by atoms with Crippen LogP contribution in [0.1, 0.15) is 59.7 Å². The second kappa shape index (κ2) is 5.85. The molecule has 1 unspecified atom stereocenters. The Labute approximate surface area is 146 Å². The SMILES string of the molecule is CC1CCc2c(sc3nc(-c4ccc(C(C)C)cc4)c(C=O)n23)C1. The minimum absolute atomic E-state index is 0.504. The molecule has 0 radical (unpaired) electrons. The Kier molecular flexibility index (Phi) is 3.80. The Morgan fingerprint density at radius 1 is 1.29 bits per heavy atom. The van der Waals surface area contributed by atoms with E-state index < -0.39 is 0 Å². The molecule has 0 aliphatic heterocycles. The summed E-state index contributed by atoms with van der Waals surface area (Å²) in [4.78, 5) is 19.0. The summed E-state index contributed by atoms with van der Waals surface area (Å²) in [6.45, 7) is 6.67. The molecule has 124 valence electrons. The average Bonchev–Trinajstić information content (AvgIpc) is 3.09. The lowest BCUT2D eigenvalue weighted by Crippen LogP contribution is -2.11. The molecule has 3 nitrogen and oxygen atoms in total. The number of fused-ring (bicyclic) bond motifs is 3. The van der Waals surface area contributed by atoms with Crippen molar-refractivity contribution in [3.8, 4) is 11.3 Å². The van der Waals surface area contributed by atoms with E-state index in [9.17, 15) is 4.79 Å². The molecule has 4 rings (SSSR count). The van der Waals surface area contributed by atoms with Gasteiger partial charge in [0.05, 0.1) is 0 Å². The molecule has 24 heavy (non-hydrogen) atoms. The molecule has 0 saturated heterocycles. The molecule has 1 aliphatic rings. The fourth-order valence-electron chi connectivity index (χ4n) is 3.59. The van der Waals surface area contributed by atoms with E-state index in [4.69, 9.17) is 4.98 Å². The van der Waals surface area contributed by atoms with Crippen LogP contribution in [0.3, 0.4) is 0 Å². The molecule has 2 heterocycles. The first kappa shape index (κ1) is 15.6. The molecule has 0 fully saturated rings. The topological polar surface area (TPSA) is 34.4 Å². The van der Waals surface area contributed by atoms with Crippen LogP contribution in [0.5, 0.6) is 0 Å². The second-order valence-electron chi connectivity index (χ2n) is 7.18. The maximum absolute atomic E-state index is 11.8. The highest BCUT2D eigenvalue weighted by atomic mass is 32.1. The van der Waals surface area contributed by atoms with E-state index in [1.807, 2.05) is 0 Å². The molecule has 0 spiro atoms. The van der Waals surface area contributed by atoms with Crippen LogP contribution in [-0.4, -0.2) is 15.7 Å². The van der Waals surface area contributed by atoms with Crippen LogP contribution >= 0.6 is 11.3 Å². The molecular weight excluding hydrogens is 316 g/mol. The fraction of sp³-hybridized carbons (Fsp3) is 0.400. The lowest BCUT2D eigenvalue weighted by Gasteiger charge is -2.17. The molecule has 2 aromatic heterocycles. The molecular formula is C20H22N2OS. The Balaban J connectivity index is 1.84. The van der Waals surface area contributed by atoms with Gasteiger partial charge in [0.15, 0.2) is 11.2 Å². The molecule has 0 saturated carbocycles. The molecule has 1 aromatic carbocycles. The van der Waals surface area contributed by atoms with E-state index >= 15 is 0 Å². The summed E-state index contributed by atoms with van der Waals surface area (Å²) in [5.41, 5.74) is 5.14. The van der Waals surface area contributed by atoms with Gasteiger partial charge in [0.2, 0.25) is 0 Å². The second-order valence-corrected chi connectivity index (χ2v) is 8.24. The predicted octanol–water partition coefficient (Wildman–Crippen LogP) is 5.12. The van der Waals surface area contributed by atoms with Crippen molar-refractivity contribution in [2.45, 2.75) is 46.0 Å². The van der Waals surface area contributed by atoms with Crippen molar-refractivity contribution in [3.05, 3.63) is 46.1 Å². The molecule has 0 bridgehead atoms. The van der Waals surface area contributed by atoms with Crippen LogP contribution in [0.25, 0.3) is 16.2 Å². The first-order chi connectivity index (χ1) is 11.6. The van der Waals surface area contributed by atoms with Gasteiger partial charge in [0.25, 0.3) is 0 Å². The Morgan fingerprint density at radius 2 is 2.04 bits per heavy atom. The van der Waals surface area contributed by atoms with E-state index in [1.54, 1.807) is 11.3 Å². The Morgan fingerprint density at radius 3 is 2.71 bits per heavy atom. The van der Waals surface area contributed by atoms with Gasteiger partial charge in [0, 0.05) is 16.1 Å². The Bertz CT molecular complexity index is 902. The first-order valence-electron chi connectivity index (χ1n) is 8.67. The van der Waals surface area contributed by atoms with Gasteiger partial charge < -0.3 is 0 Å². The highest BCUT2D eigenvalue weighted by Crippen LogP contribution is 2.36. The summed E-state index contributed by atoms with van der Waals surface area (Å²) in [7, 11) is 0. The summed E-state index contributed by atoms with van der Waals surface area (Å²) >= 11 is 1.75. The van der Waals surface area contributed by atoms with Crippen molar-refractivity contribution in [2.75, 3.05) is 0 Å². The van der Waals surface area contributed by atoms with E-state index in [0.717, 1.165) is 41.3 Å². The number of hydrogen-bond acceptors (Lipinski definition) is 3. The highest BCUT2D eigenvalue weighted by Gasteiger charge is 2.25. The zero-order valence-electron chi connectivity index (χ0n) is 14.4. The van der Waals surface area contributed by atoms with Crippen molar-refractivity contribution in [2.24, 2.45) is 5.92 Å². The fourth-order valence-corrected chi connectivity index (χ4v) is 4.93. The monoisotopic (exact) mass is 338 g/mol. The number of carbonyl (C=O) groups is 1. The van der Waals surface area contributed by atoms with E-state index in [2.05, 4.69) is 49.4 Å². The van der Waals surface area contributed by atoms with E-state index in [-0.39, 0.29) is 0 Å². The molecule has 0 N–H and O–H groups in total. The maximum Gasteiger partial charge on any atom is 0.195 e. The number of aldehydes is 1. The minimum atomic E-state index is 0.504. The van der Waals surface area contributed by atoms with Crippen LogP contribution in [0, 0.1) is 5.92 Å². The average molecular weight is 338 g/mol. The summed E-state index contributed by atoms with van der Waals surface area (Å²) in [5.74, 6) is 1.23. The lowest BCUT2D eigenvalue weighted by atomic mass is 9.93. The van der Waals surface area contributed by atoms with E-state index in [0.29, 0.717) is 11.6 Å². The summed E-state index contributed by atoms with van der Waals surface area (Å²) in [6.07, 6.45) is 4.31. The Hall–Kier alpha value is -1.94. The molecule has 1 atom stereocenters. The third kappa shape index (κ3) is 2.40. The van der Waals surface area contributed by atoms with Crippen LogP contribution in [0.15, 0.2) is 24.3 Å². The van der Waals surface area contributed by atoms with E-state index in [1.165, 1.54) is 22.6 Å². The highest BCUT2D eigenvalue weighted by molar-refractivity contribution is 7.17. The van der Waals surface area contributed by atoms with Crippen LogP contribution in [0.4, 0.5) is 0 Å². The summed E-state index contributed by atoms with van der Waals surface area (Å²) < 4.78 is 2.10. The zero-order valence-corrected chi connectivity index (χ0v) is 15.2. The summed E-state index contributed by atoms with van der Waals surface area (Å²) in [6, 6.07) is 8.45. The van der Waals surface area contributed by atoms with Gasteiger partial charge in [-0.3, -0.25) is 9.20 Å². The van der Waals surface area contributed by atoms with Crippen molar-refractivity contribution in [1.82, 2.24) is 9.38 Å². The van der Waals surface area contributed by atoms with Gasteiger partial charge >= 0.3 is 0 Å². The van der Waals surface area contributed by atoms with Gasteiger partial charge in [0.1, 0.15) is 11.4 Å². The molecule has 3 aromatic rings. The van der Waals surface area contributed by atoms with Crippen molar-refractivity contribution in [3.63, 3.8) is 0 Å². The first-order valence-corrected chi connectivity index (χ1v) is 9.48. The number of benzene rings is 1. The van der Waals surface area contributed by atoms with Gasteiger partial charge in [-0.25, -0.2) is 4.98 Å². The van der Waals surface area contributed by atoms with Gasteiger partial charge in [-0.2, -0.15) is 0 Å². The van der Waals surface area contributed by atoms with Crippen LogP contribution in [-0.2, 0) is 12.8 Å². The largest absolute Gasteiger partial charge is 0.296 e. The number of nitrogens with zero attached hydrogens (tertiary/aromatic N) is 2. The molecule has 0 amide bonds. The number of aromatic nitrogens is 2. The predicted molar refractivity (Wildman–Crippen MR) is 99.2 cm³/mol. The number of thiazole rings is 1. The van der Waals surface area contributed by atoms with Crippen molar-refractivity contribution in [1.29, 1.82) is 0 Å². The lowest BCUT2D eigenvalue weighted by molar-refractivity contribution is 0.111. The van der Waals surface area contributed by atoms with Crippen LogP contribution in [0.2, 0.25) is 0 Å². The van der Waals surface area contributed by atoms with Gasteiger partial charge in [-0.15, -0.1) is 11.3 Å². The number of aryl methyl sites for hydroxylation is 1.